The van der Waals surface area contributed by atoms with Crippen molar-refractivity contribution < 1.29 is 44.3 Å². The number of carboxylic acids is 1. The van der Waals surface area contributed by atoms with Crippen molar-refractivity contribution in [3.05, 3.63) is 0 Å². The molecule has 32 heavy (non-hydrogen) atoms. The van der Waals surface area contributed by atoms with Gasteiger partial charge >= 0.3 is 5.97 Å². The lowest BCUT2D eigenvalue weighted by Crippen LogP contribution is -2.57. The molecule has 1 aliphatic heterocycles. The predicted octanol–water partition coefficient (Wildman–Crippen LogP) is -1.80. The SMILES string of the molecule is CC1OC(OCCCCCCNC(=O)[C@H](CCC(=O)O)NC(=O)[C@@H](C)N)C(O)C(O)C1O. The predicted molar refractivity (Wildman–Crippen MR) is 112 cm³/mol. The van der Waals surface area contributed by atoms with E-state index in [-0.39, 0.29) is 12.8 Å². The molecule has 1 saturated heterocycles. The van der Waals surface area contributed by atoms with E-state index in [0.29, 0.717) is 26.0 Å². The number of hydrogen-bond donors (Lipinski definition) is 7. The Morgan fingerprint density at radius 1 is 1.03 bits per heavy atom. The summed E-state index contributed by atoms with van der Waals surface area (Å²) < 4.78 is 10.8. The van der Waals surface area contributed by atoms with E-state index in [1.54, 1.807) is 6.92 Å². The number of nitrogens with two attached hydrogens (primary N) is 1. The number of unbranched alkanes of at least 4 members (excludes halogenated alkanes) is 3. The maximum absolute atomic E-state index is 12.3. The third-order valence-corrected chi connectivity index (χ3v) is 5.15. The van der Waals surface area contributed by atoms with E-state index >= 15 is 0 Å². The minimum atomic E-state index is -1.33. The number of carbonyl (C=O) groups excluding carboxylic acids is 2. The summed E-state index contributed by atoms with van der Waals surface area (Å²) in [6.45, 7) is 3.71. The van der Waals surface area contributed by atoms with Gasteiger partial charge in [0.1, 0.15) is 24.4 Å². The van der Waals surface area contributed by atoms with Gasteiger partial charge in [-0.25, -0.2) is 0 Å². The number of carbonyl (C=O) groups is 3. The molecule has 7 atom stereocenters. The number of aliphatic hydroxyl groups is 3. The van der Waals surface area contributed by atoms with Crippen LogP contribution in [0.5, 0.6) is 0 Å². The van der Waals surface area contributed by atoms with Gasteiger partial charge in [0.2, 0.25) is 11.8 Å². The first-order valence-corrected chi connectivity index (χ1v) is 10.9. The number of amides is 2. The summed E-state index contributed by atoms with van der Waals surface area (Å²) in [5.41, 5.74) is 5.48. The Labute approximate surface area is 187 Å². The Balaban J connectivity index is 2.23. The van der Waals surface area contributed by atoms with Gasteiger partial charge in [-0.1, -0.05) is 12.8 Å². The molecule has 5 unspecified atom stereocenters. The van der Waals surface area contributed by atoms with Gasteiger partial charge in [0.15, 0.2) is 6.29 Å². The Morgan fingerprint density at radius 3 is 2.31 bits per heavy atom. The molecule has 1 heterocycles. The van der Waals surface area contributed by atoms with Crippen molar-refractivity contribution in [2.75, 3.05) is 13.2 Å². The van der Waals surface area contributed by atoms with Gasteiger partial charge in [0.05, 0.1) is 12.1 Å². The number of nitrogens with one attached hydrogen (secondary N) is 2. The quantitative estimate of drug-likeness (QED) is 0.144. The zero-order chi connectivity index (χ0) is 24.3. The average molecular weight is 464 g/mol. The molecule has 1 rings (SSSR count). The summed E-state index contributed by atoms with van der Waals surface area (Å²) in [5, 5.41) is 43.3. The number of ether oxygens (including phenoxy) is 2. The summed E-state index contributed by atoms with van der Waals surface area (Å²) in [7, 11) is 0. The molecule has 0 aromatic carbocycles. The second-order valence-electron chi connectivity index (χ2n) is 8.04. The highest BCUT2D eigenvalue weighted by Gasteiger charge is 2.42. The normalized spacial score (nSPS) is 27.4. The molecular formula is C20H37N3O9. The highest BCUT2D eigenvalue weighted by atomic mass is 16.7. The number of carboxylic acid groups (broad SMARTS) is 1. The van der Waals surface area contributed by atoms with Crippen molar-refractivity contribution >= 4 is 17.8 Å². The number of hydrogen-bond acceptors (Lipinski definition) is 9. The first-order chi connectivity index (χ1) is 15.0. The fourth-order valence-electron chi connectivity index (χ4n) is 3.11. The van der Waals surface area contributed by atoms with Crippen LogP contribution in [0.1, 0.15) is 52.4 Å². The minimum absolute atomic E-state index is 0.0314. The van der Waals surface area contributed by atoms with Gasteiger partial charge in [0.25, 0.3) is 0 Å². The molecule has 1 fully saturated rings. The van der Waals surface area contributed by atoms with Crippen LogP contribution in [0.25, 0.3) is 0 Å². The smallest absolute Gasteiger partial charge is 0.303 e. The monoisotopic (exact) mass is 463 g/mol. The van der Waals surface area contributed by atoms with Crippen LogP contribution >= 0.6 is 0 Å². The van der Waals surface area contributed by atoms with Crippen molar-refractivity contribution in [2.24, 2.45) is 5.73 Å². The topological polar surface area (TPSA) is 201 Å². The second-order valence-corrected chi connectivity index (χ2v) is 8.04. The van der Waals surface area contributed by atoms with Crippen molar-refractivity contribution in [1.29, 1.82) is 0 Å². The molecule has 8 N–H and O–H groups in total. The summed E-state index contributed by atoms with van der Waals surface area (Å²) in [6, 6.07) is -1.77. The molecule has 1 aliphatic rings. The van der Waals surface area contributed by atoms with Crippen LogP contribution in [-0.2, 0) is 23.9 Å². The van der Waals surface area contributed by atoms with Crippen LogP contribution in [0.3, 0.4) is 0 Å². The lowest BCUT2D eigenvalue weighted by Gasteiger charge is -2.38. The van der Waals surface area contributed by atoms with E-state index < -0.39 is 60.6 Å². The molecule has 0 aromatic rings. The first kappa shape index (κ1) is 28.2. The van der Waals surface area contributed by atoms with Crippen molar-refractivity contribution in [3.63, 3.8) is 0 Å². The molecule has 2 amide bonds. The van der Waals surface area contributed by atoms with Crippen LogP contribution in [0.2, 0.25) is 0 Å². The van der Waals surface area contributed by atoms with Crippen LogP contribution < -0.4 is 16.4 Å². The lowest BCUT2D eigenvalue weighted by atomic mass is 10.0. The lowest BCUT2D eigenvalue weighted by molar-refractivity contribution is -0.293. The maximum Gasteiger partial charge on any atom is 0.303 e. The van der Waals surface area contributed by atoms with E-state index in [0.717, 1.165) is 12.8 Å². The summed E-state index contributed by atoms with van der Waals surface area (Å²) in [4.78, 5) is 34.8. The van der Waals surface area contributed by atoms with Crippen LogP contribution in [0.15, 0.2) is 0 Å². The standard InChI is InChI=1S/C20H37N3O9/c1-11(21)18(29)23-13(7-8-14(24)25)19(30)22-9-5-3-4-6-10-31-20-17(28)16(27)15(26)12(2)32-20/h11-13,15-17,20,26-28H,3-10,21H2,1-2H3,(H,22,30)(H,23,29)(H,24,25)/t11-,12?,13+,15?,16?,17?,20?/m1/s1. The van der Waals surface area contributed by atoms with E-state index in [1.165, 1.54) is 6.92 Å². The molecule has 12 heteroatoms. The molecule has 0 aliphatic carbocycles. The zero-order valence-electron chi connectivity index (χ0n) is 18.6. The van der Waals surface area contributed by atoms with Crippen molar-refractivity contribution in [2.45, 2.75) is 95.2 Å². The van der Waals surface area contributed by atoms with Crippen molar-refractivity contribution in [1.82, 2.24) is 10.6 Å². The molecule has 0 radical (unpaired) electrons. The molecule has 12 nitrogen and oxygen atoms in total. The summed E-state index contributed by atoms with van der Waals surface area (Å²) >= 11 is 0. The van der Waals surface area contributed by atoms with Gasteiger partial charge in [-0.3, -0.25) is 14.4 Å². The minimum Gasteiger partial charge on any atom is -0.481 e. The van der Waals surface area contributed by atoms with Gasteiger partial charge in [-0.05, 0) is 33.1 Å². The van der Waals surface area contributed by atoms with E-state index in [4.69, 9.17) is 20.3 Å². The van der Waals surface area contributed by atoms with Crippen LogP contribution in [0, 0.1) is 0 Å². The summed E-state index contributed by atoms with van der Waals surface area (Å²) in [5.74, 6) is -2.05. The highest BCUT2D eigenvalue weighted by molar-refractivity contribution is 5.89. The van der Waals surface area contributed by atoms with Gasteiger partial charge < -0.3 is 46.3 Å². The fraction of sp³-hybridized carbons (Fsp3) is 0.850. The summed E-state index contributed by atoms with van der Waals surface area (Å²) in [6.07, 6.45) is -2.88. The molecule has 186 valence electrons. The number of aliphatic carboxylic acids is 1. The van der Waals surface area contributed by atoms with Crippen LogP contribution in [0.4, 0.5) is 0 Å². The van der Waals surface area contributed by atoms with Crippen molar-refractivity contribution in [3.8, 4) is 0 Å². The average Bonchev–Trinajstić information content (AvgIpc) is 2.74. The van der Waals surface area contributed by atoms with E-state index in [2.05, 4.69) is 10.6 Å². The van der Waals surface area contributed by atoms with Gasteiger partial charge in [-0.2, -0.15) is 0 Å². The fourth-order valence-corrected chi connectivity index (χ4v) is 3.11. The second kappa shape index (κ2) is 14.3. The van der Waals surface area contributed by atoms with Gasteiger partial charge in [-0.15, -0.1) is 0 Å². The Kier molecular flexibility index (Phi) is 12.6. The van der Waals surface area contributed by atoms with Crippen LogP contribution in [-0.4, -0.2) is 94.2 Å². The largest absolute Gasteiger partial charge is 0.481 e. The molecule has 0 spiro atoms. The third-order valence-electron chi connectivity index (χ3n) is 5.15. The Morgan fingerprint density at radius 2 is 1.69 bits per heavy atom. The molecule has 0 bridgehead atoms. The zero-order valence-corrected chi connectivity index (χ0v) is 18.6. The Bertz CT molecular complexity index is 605. The third kappa shape index (κ3) is 9.76. The van der Waals surface area contributed by atoms with E-state index in [9.17, 15) is 29.7 Å². The first-order valence-electron chi connectivity index (χ1n) is 10.9. The molecule has 0 aromatic heterocycles. The number of rotatable bonds is 14. The van der Waals surface area contributed by atoms with Gasteiger partial charge in [0, 0.05) is 19.6 Å². The Hall–Kier alpha value is -1.83. The van der Waals surface area contributed by atoms with E-state index in [1.807, 2.05) is 0 Å². The molecule has 0 saturated carbocycles. The highest BCUT2D eigenvalue weighted by Crippen LogP contribution is 2.22. The molecular weight excluding hydrogens is 426 g/mol. The number of aliphatic hydroxyl groups excluding tert-OH is 3. The maximum atomic E-state index is 12.3.